The van der Waals surface area contributed by atoms with E-state index in [0.717, 1.165) is 25.7 Å². The second-order valence-corrected chi connectivity index (χ2v) is 9.95. The number of hydrogen-bond donors (Lipinski definition) is 1. The second kappa shape index (κ2) is 25.9. The van der Waals surface area contributed by atoms with Gasteiger partial charge in [0.2, 0.25) is 0 Å². The molecule has 4 nitrogen and oxygen atoms in total. The standard InChI is InChI=1S/C24H51O4P.Cr/c1-3-5-7-9-11-13-15-17-19-21-23-27-29(25,26)28-24-22-20-18-16-14-12-10-8-6-4-2;/h3-24H2,1-2H3,(H,25,26);. The van der Waals surface area contributed by atoms with Crippen LogP contribution in [-0.4, -0.2) is 18.1 Å². The molecular weight excluding hydrogens is 435 g/mol. The van der Waals surface area contributed by atoms with E-state index in [1.54, 1.807) is 0 Å². The summed E-state index contributed by atoms with van der Waals surface area (Å²) in [6.45, 7) is 5.14. The van der Waals surface area contributed by atoms with Crippen LogP contribution in [0.1, 0.15) is 142 Å². The molecule has 0 aromatic heterocycles. The Morgan fingerprint density at radius 3 is 1.00 bits per heavy atom. The zero-order valence-electron chi connectivity index (χ0n) is 20.1. The third-order valence-electron chi connectivity index (χ3n) is 5.50. The van der Waals surface area contributed by atoms with Crippen molar-refractivity contribution in [3.05, 3.63) is 0 Å². The van der Waals surface area contributed by atoms with E-state index >= 15 is 0 Å². The third kappa shape index (κ3) is 26.7. The average Bonchev–Trinajstić information content (AvgIpc) is 2.70. The van der Waals surface area contributed by atoms with Gasteiger partial charge in [0.25, 0.3) is 0 Å². The molecule has 30 heavy (non-hydrogen) atoms. The minimum atomic E-state index is -3.85. The molecule has 0 aliphatic heterocycles. The van der Waals surface area contributed by atoms with Crippen LogP contribution in [0.3, 0.4) is 0 Å². The summed E-state index contributed by atoms with van der Waals surface area (Å²) in [6, 6.07) is 0. The maximum atomic E-state index is 11.8. The first-order valence-corrected chi connectivity index (χ1v) is 14.2. The van der Waals surface area contributed by atoms with Gasteiger partial charge in [-0.1, -0.05) is 129 Å². The van der Waals surface area contributed by atoms with Gasteiger partial charge < -0.3 is 4.89 Å². The number of phosphoric acid groups is 1. The van der Waals surface area contributed by atoms with Crippen molar-refractivity contribution in [3.63, 3.8) is 0 Å². The van der Waals surface area contributed by atoms with Gasteiger partial charge in [-0.3, -0.25) is 9.05 Å². The molecule has 0 radical (unpaired) electrons. The number of phosphoric ester groups is 1. The summed E-state index contributed by atoms with van der Waals surface area (Å²) in [4.78, 5) is 9.71. The molecule has 0 heterocycles. The van der Waals surface area contributed by atoms with Crippen LogP contribution in [0.15, 0.2) is 0 Å². The zero-order valence-corrected chi connectivity index (χ0v) is 22.3. The van der Waals surface area contributed by atoms with E-state index in [4.69, 9.17) is 9.05 Å². The van der Waals surface area contributed by atoms with E-state index in [1.165, 1.54) is 103 Å². The molecule has 0 aromatic carbocycles. The minimum absolute atomic E-state index is 0. The van der Waals surface area contributed by atoms with Crippen molar-refractivity contribution < 1.29 is 35.9 Å². The van der Waals surface area contributed by atoms with Crippen molar-refractivity contribution >= 4 is 7.82 Å². The second-order valence-electron chi connectivity index (χ2n) is 8.50. The van der Waals surface area contributed by atoms with Crippen LogP contribution in [0.5, 0.6) is 0 Å². The molecule has 0 unspecified atom stereocenters. The quantitative estimate of drug-likeness (QED) is 0.109. The molecule has 0 bridgehead atoms. The van der Waals surface area contributed by atoms with E-state index in [9.17, 15) is 9.46 Å². The first kappa shape index (κ1) is 32.8. The molecule has 0 saturated carbocycles. The Balaban J connectivity index is 0. The Labute approximate surface area is 199 Å². The Hall–Kier alpha value is 0.642. The number of unbranched alkanes of at least 4 members (excludes halogenated alkanes) is 18. The Morgan fingerprint density at radius 1 is 0.500 bits per heavy atom. The van der Waals surface area contributed by atoms with Gasteiger partial charge in [0, 0.05) is 17.4 Å². The molecule has 1 N–H and O–H groups in total. The molecule has 0 rings (SSSR count). The van der Waals surface area contributed by atoms with Crippen molar-refractivity contribution in [1.82, 2.24) is 0 Å². The largest absolute Gasteiger partial charge is 0.472 e. The van der Waals surface area contributed by atoms with Gasteiger partial charge in [0.15, 0.2) is 0 Å². The molecule has 6 heteroatoms. The molecular formula is C24H51CrO4P. The smallest absolute Gasteiger partial charge is 0.302 e. The first-order chi connectivity index (χ1) is 14.1. The summed E-state index contributed by atoms with van der Waals surface area (Å²) in [5, 5.41) is 0. The molecule has 0 aliphatic rings. The molecule has 0 aliphatic carbocycles. The van der Waals surface area contributed by atoms with Crippen molar-refractivity contribution in [3.8, 4) is 0 Å². The predicted octanol–water partition coefficient (Wildman–Crippen LogP) is 8.96. The fourth-order valence-electron chi connectivity index (χ4n) is 3.58. The molecule has 0 aromatic rings. The van der Waals surface area contributed by atoms with Gasteiger partial charge in [0.1, 0.15) is 0 Å². The van der Waals surface area contributed by atoms with Crippen molar-refractivity contribution in [2.75, 3.05) is 13.2 Å². The maximum Gasteiger partial charge on any atom is 0.472 e. The van der Waals surface area contributed by atoms with Gasteiger partial charge in [-0.15, -0.1) is 0 Å². The molecule has 0 spiro atoms. The predicted molar refractivity (Wildman–Crippen MR) is 125 cm³/mol. The topological polar surface area (TPSA) is 55.8 Å². The zero-order chi connectivity index (χ0) is 21.5. The van der Waals surface area contributed by atoms with Crippen molar-refractivity contribution in [1.29, 1.82) is 0 Å². The van der Waals surface area contributed by atoms with E-state index in [1.807, 2.05) is 0 Å². The summed E-state index contributed by atoms with van der Waals surface area (Å²) in [6.07, 6.45) is 24.8. The maximum absolute atomic E-state index is 11.8. The number of hydrogen-bond acceptors (Lipinski definition) is 3. The van der Waals surface area contributed by atoms with Gasteiger partial charge in [0.05, 0.1) is 13.2 Å². The first-order valence-electron chi connectivity index (χ1n) is 12.7. The van der Waals surface area contributed by atoms with Crippen LogP contribution in [0, 0.1) is 0 Å². The monoisotopic (exact) mass is 486 g/mol. The van der Waals surface area contributed by atoms with Crippen LogP contribution < -0.4 is 0 Å². The van der Waals surface area contributed by atoms with Gasteiger partial charge in [-0.25, -0.2) is 4.57 Å². The summed E-state index contributed by atoms with van der Waals surface area (Å²) < 4.78 is 22.0. The SMILES string of the molecule is CCCCCCCCCCCCOP(=O)(O)OCCCCCCCCCCCC.[Cr]. The summed E-state index contributed by atoms with van der Waals surface area (Å²) >= 11 is 0. The fourth-order valence-corrected chi connectivity index (χ4v) is 4.37. The van der Waals surface area contributed by atoms with Crippen LogP contribution in [-0.2, 0) is 31.0 Å². The summed E-state index contributed by atoms with van der Waals surface area (Å²) in [5.74, 6) is 0. The fraction of sp³-hybridized carbons (Fsp3) is 1.00. The van der Waals surface area contributed by atoms with Crippen molar-refractivity contribution in [2.24, 2.45) is 0 Å². The molecule has 0 fully saturated rings. The van der Waals surface area contributed by atoms with E-state index < -0.39 is 7.82 Å². The van der Waals surface area contributed by atoms with Gasteiger partial charge in [-0.2, -0.15) is 0 Å². The summed E-state index contributed by atoms with van der Waals surface area (Å²) in [5.41, 5.74) is 0. The Morgan fingerprint density at radius 2 is 0.733 bits per heavy atom. The van der Waals surface area contributed by atoms with Gasteiger partial charge >= 0.3 is 7.82 Å². The third-order valence-corrected chi connectivity index (χ3v) is 6.52. The Kier molecular flexibility index (Phi) is 28.3. The normalized spacial score (nSPS) is 11.6. The van der Waals surface area contributed by atoms with E-state index in [0.29, 0.717) is 13.2 Å². The van der Waals surface area contributed by atoms with E-state index in [2.05, 4.69) is 13.8 Å². The number of rotatable bonds is 24. The van der Waals surface area contributed by atoms with E-state index in [-0.39, 0.29) is 17.4 Å². The van der Waals surface area contributed by atoms with Gasteiger partial charge in [-0.05, 0) is 12.8 Å². The van der Waals surface area contributed by atoms with Crippen LogP contribution >= 0.6 is 7.82 Å². The molecule has 0 saturated heterocycles. The van der Waals surface area contributed by atoms with Crippen LogP contribution in [0.4, 0.5) is 0 Å². The minimum Gasteiger partial charge on any atom is -0.302 e. The molecule has 0 atom stereocenters. The Bertz CT molecular complexity index is 339. The molecule has 182 valence electrons. The molecule has 0 amide bonds. The summed E-state index contributed by atoms with van der Waals surface area (Å²) in [7, 11) is -3.85. The average molecular weight is 487 g/mol. The van der Waals surface area contributed by atoms with Crippen molar-refractivity contribution in [2.45, 2.75) is 142 Å². The van der Waals surface area contributed by atoms with Crippen LogP contribution in [0.25, 0.3) is 0 Å². The van der Waals surface area contributed by atoms with Crippen LogP contribution in [0.2, 0.25) is 0 Å².